The first-order valence-electron chi connectivity index (χ1n) is 5.66. The van der Waals surface area contributed by atoms with E-state index in [9.17, 15) is 4.79 Å². The van der Waals surface area contributed by atoms with Crippen molar-refractivity contribution < 1.29 is 4.79 Å². The first-order chi connectivity index (χ1) is 6.77. The molecule has 2 nitrogen and oxygen atoms in total. The molecule has 0 aromatic rings. The fourth-order valence-electron chi connectivity index (χ4n) is 2.02. The van der Waals surface area contributed by atoms with Gasteiger partial charge in [-0.1, -0.05) is 13.3 Å². The number of rotatable bonds is 5. The van der Waals surface area contributed by atoms with Gasteiger partial charge in [0.1, 0.15) is 0 Å². The topological polar surface area (TPSA) is 20.3 Å². The molecule has 14 heavy (non-hydrogen) atoms. The van der Waals surface area contributed by atoms with E-state index in [1.165, 1.54) is 19.3 Å². The highest BCUT2D eigenvalue weighted by atomic mass is 32.1. The summed E-state index contributed by atoms with van der Waals surface area (Å²) in [7, 11) is 0. The third-order valence-corrected chi connectivity index (χ3v) is 3.37. The quantitative estimate of drug-likeness (QED) is 0.698. The van der Waals surface area contributed by atoms with Gasteiger partial charge in [0, 0.05) is 19.5 Å². The molecule has 1 saturated heterocycles. The highest BCUT2D eigenvalue weighted by molar-refractivity contribution is 7.80. The Kier molecular flexibility index (Phi) is 5.38. The van der Waals surface area contributed by atoms with E-state index >= 15 is 0 Å². The summed E-state index contributed by atoms with van der Waals surface area (Å²) in [6, 6.07) is 0. The van der Waals surface area contributed by atoms with E-state index in [1.807, 2.05) is 4.90 Å². The average Bonchev–Trinajstić information content (AvgIpc) is 2.20. The van der Waals surface area contributed by atoms with E-state index < -0.39 is 0 Å². The van der Waals surface area contributed by atoms with E-state index in [4.69, 9.17) is 0 Å². The highest BCUT2D eigenvalue weighted by Gasteiger charge is 2.20. The molecule has 0 radical (unpaired) electrons. The van der Waals surface area contributed by atoms with E-state index in [0.29, 0.717) is 11.8 Å². The zero-order valence-corrected chi connectivity index (χ0v) is 9.93. The molecule has 0 N–H and O–H groups in total. The van der Waals surface area contributed by atoms with E-state index in [1.54, 1.807) is 0 Å². The lowest BCUT2D eigenvalue weighted by atomic mass is 10.0. The van der Waals surface area contributed by atoms with Crippen molar-refractivity contribution in [2.45, 2.75) is 39.0 Å². The van der Waals surface area contributed by atoms with Crippen LogP contribution in [0.25, 0.3) is 0 Å². The number of hydrogen-bond acceptors (Lipinski definition) is 2. The lowest BCUT2D eigenvalue weighted by Gasteiger charge is -2.30. The predicted octanol–water partition coefficient (Wildman–Crippen LogP) is 2.35. The van der Waals surface area contributed by atoms with Crippen LogP contribution in [0.2, 0.25) is 0 Å². The Morgan fingerprint density at radius 3 is 2.86 bits per heavy atom. The molecule has 1 unspecified atom stereocenters. The Balaban J connectivity index is 2.35. The van der Waals surface area contributed by atoms with E-state index in [2.05, 4.69) is 19.6 Å². The summed E-state index contributed by atoms with van der Waals surface area (Å²) < 4.78 is 0. The normalized spacial score (nSPS) is 19.9. The summed E-state index contributed by atoms with van der Waals surface area (Å²) in [5, 5.41) is 0. The Bertz CT molecular complexity index is 184. The lowest BCUT2D eigenvalue weighted by Crippen LogP contribution is -2.39. The van der Waals surface area contributed by atoms with Crippen LogP contribution in [0, 0.1) is 5.92 Å². The molecule has 0 saturated carbocycles. The van der Waals surface area contributed by atoms with Crippen LogP contribution in [0.4, 0.5) is 0 Å². The van der Waals surface area contributed by atoms with Gasteiger partial charge in [0.05, 0.1) is 0 Å². The van der Waals surface area contributed by atoms with Crippen molar-refractivity contribution in [1.29, 1.82) is 0 Å². The molecule has 1 atom stereocenters. The van der Waals surface area contributed by atoms with Crippen LogP contribution >= 0.6 is 12.6 Å². The van der Waals surface area contributed by atoms with Crippen LogP contribution in [0.3, 0.4) is 0 Å². The van der Waals surface area contributed by atoms with Crippen LogP contribution in [-0.2, 0) is 4.79 Å². The maximum Gasteiger partial charge on any atom is 0.222 e. The minimum Gasteiger partial charge on any atom is -0.342 e. The summed E-state index contributed by atoms with van der Waals surface area (Å²) in [6.45, 7) is 4.08. The SMILES string of the molecule is CCCC(CS)CN1CCCCC1=O. The number of carbonyl (C=O) groups excluding carboxylic acids is 1. The molecule has 1 aliphatic heterocycles. The van der Waals surface area contributed by atoms with Crippen molar-refractivity contribution in [3.8, 4) is 0 Å². The van der Waals surface area contributed by atoms with Crippen molar-refractivity contribution in [3.63, 3.8) is 0 Å². The zero-order chi connectivity index (χ0) is 10.4. The van der Waals surface area contributed by atoms with Crippen molar-refractivity contribution in [1.82, 2.24) is 4.90 Å². The van der Waals surface area contributed by atoms with E-state index in [-0.39, 0.29) is 0 Å². The number of carbonyl (C=O) groups is 1. The summed E-state index contributed by atoms with van der Waals surface area (Å²) >= 11 is 4.34. The number of piperidine rings is 1. The predicted molar refractivity (Wildman–Crippen MR) is 62.7 cm³/mol. The van der Waals surface area contributed by atoms with Gasteiger partial charge in [-0.05, 0) is 30.9 Å². The fraction of sp³-hybridized carbons (Fsp3) is 0.909. The maximum atomic E-state index is 11.6. The number of thiol groups is 1. The second-order valence-corrected chi connectivity index (χ2v) is 4.50. The van der Waals surface area contributed by atoms with Gasteiger partial charge >= 0.3 is 0 Å². The van der Waals surface area contributed by atoms with Crippen LogP contribution in [0.1, 0.15) is 39.0 Å². The molecular weight excluding hydrogens is 194 g/mol. The standard InChI is InChI=1S/C11H21NOS/c1-2-5-10(9-14)8-12-7-4-3-6-11(12)13/h10,14H,2-9H2,1H3. The fourth-order valence-corrected chi connectivity index (χ4v) is 2.31. The molecule has 1 amide bonds. The molecule has 1 aliphatic rings. The van der Waals surface area contributed by atoms with Crippen molar-refractivity contribution >= 4 is 18.5 Å². The Morgan fingerprint density at radius 1 is 1.50 bits per heavy atom. The molecular formula is C11H21NOS. The molecule has 3 heteroatoms. The molecule has 1 fully saturated rings. The van der Waals surface area contributed by atoms with Gasteiger partial charge in [-0.2, -0.15) is 12.6 Å². The minimum absolute atomic E-state index is 0.346. The van der Waals surface area contributed by atoms with E-state index in [0.717, 1.165) is 31.7 Å². The number of hydrogen-bond donors (Lipinski definition) is 1. The second-order valence-electron chi connectivity index (χ2n) is 4.13. The monoisotopic (exact) mass is 215 g/mol. The third kappa shape index (κ3) is 3.52. The zero-order valence-electron chi connectivity index (χ0n) is 9.04. The second kappa shape index (κ2) is 6.33. The number of likely N-dealkylation sites (tertiary alicyclic amines) is 1. The van der Waals surface area contributed by atoms with Crippen molar-refractivity contribution in [2.24, 2.45) is 5.92 Å². The summed E-state index contributed by atoms with van der Waals surface area (Å²) in [5.41, 5.74) is 0. The van der Waals surface area contributed by atoms with Crippen LogP contribution < -0.4 is 0 Å². The number of amides is 1. The average molecular weight is 215 g/mol. The van der Waals surface area contributed by atoms with Gasteiger partial charge in [0.15, 0.2) is 0 Å². The Morgan fingerprint density at radius 2 is 2.29 bits per heavy atom. The van der Waals surface area contributed by atoms with Gasteiger partial charge in [-0.25, -0.2) is 0 Å². The molecule has 0 spiro atoms. The molecule has 1 rings (SSSR count). The Hall–Kier alpha value is -0.180. The summed E-state index contributed by atoms with van der Waals surface area (Å²) in [5.74, 6) is 1.84. The van der Waals surface area contributed by atoms with Crippen LogP contribution in [-0.4, -0.2) is 29.6 Å². The summed E-state index contributed by atoms with van der Waals surface area (Å²) in [4.78, 5) is 13.6. The molecule has 0 aliphatic carbocycles. The molecule has 0 aromatic carbocycles. The lowest BCUT2D eigenvalue weighted by molar-refractivity contribution is -0.133. The molecule has 0 aromatic heterocycles. The highest BCUT2D eigenvalue weighted by Crippen LogP contribution is 2.16. The van der Waals surface area contributed by atoms with Crippen LogP contribution in [0.15, 0.2) is 0 Å². The smallest absolute Gasteiger partial charge is 0.222 e. The molecule has 1 heterocycles. The van der Waals surface area contributed by atoms with Gasteiger partial charge < -0.3 is 4.90 Å². The third-order valence-electron chi connectivity index (χ3n) is 2.86. The van der Waals surface area contributed by atoms with Gasteiger partial charge in [-0.3, -0.25) is 4.79 Å². The first kappa shape index (κ1) is 11.9. The van der Waals surface area contributed by atoms with Gasteiger partial charge in [0.25, 0.3) is 0 Å². The summed E-state index contributed by atoms with van der Waals surface area (Å²) in [6.07, 6.45) is 5.39. The number of nitrogens with zero attached hydrogens (tertiary/aromatic N) is 1. The van der Waals surface area contributed by atoms with Crippen LogP contribution in [0.5, 0.6) is 0 Å². The maximum absolute atomic E-state index is 11.6. The van der Waals surface area contributed by atoms with Gasteiger partial charge in [0.2, 0.25) is 5.91 Å². The minimum atomic E-state index is 0.346. The molecule has 82 valence electrons. The van der Waals surface area contributed by atoms with Crippen molar-refractivity contribution in [2.75, 3.05) is 18.8 Å². The van der Waals surface area contributed by atoms with Crippen molar-refractivity contribution in [3.05, 3.63) is 0 Å². The largest absolute Gasteiger partial charge is 0.342 e. The Labute approximate surface area is 92.5 Å². The van der Waals surface area contributed by atoms with Gasteiger partial charge in [-0.15, -0.1) is 0 Å². The molecule has 0 bridgehead atoms. The first-order valence-corrected chi connectivity index (χ1v) is 6.29.